The summed E-state index contributed by atoms with van der Waals surface area (Å²) in [5.74, 6) is -1.28. The molecular formula is C19H17NO2. The van der Waals surface area contributed by atoms with Crippen LogP contribution in [0.15, 0.2) is 60.7 Å². The predicted molar refractivity (Wildman–Crippen MR) is 82.9 cm³/mol. The third-order valence-electron chi connectivity index (χ3n) is 4.17. The predicted octanol–water partition coefficient (Wildman–Crippen LogP) is 3.47. The Morgan fingerprint density at radius 2 is 1.64 bits per heavy atom. The molecule has 1 fully saturated rings. The number of esters is 1. The molecule has 1 aliphatic heterocycles. The Labute approximate surface area is 130 Å². The SMILES string of the molecule is N#C[C@@H]1C(=O)O[C@@H](CCc2ccccc2)[C@H]1c1ccccc1. The number of ether oxygens (including phenoxy) is 1. The number of carbonyl (C=O) groups excluding carboxylic acids is 1. The van der Waals surface area contributed by atoms with E-state index in [-0.39, 0.29) is 12.0 Å². The molecule has 3 atom stereocenters. The van der Waals surface area contributed by atoms with E-state index in [1.807, 2.05) is 48.5 Å². The monoisotopic (exact) mass is 291 g/mol. The number of carbonyl (C=O) groups is 1. The maximum absolute atomic E-state index is 12.0. The first kappa shape index (κ1) is 14.3. The standard InChI is InChI=1S/C19H17NO2/c20-13-16-18(15-9-5-2-6-10-15)17(22-19(16)21)12-11-14-7-3-1-4-8-14/h1-10,16-18H,11-12H2/t16-,17-,18-/m0/s1. The summed E-state index contributed by atoms with van der Waals surface area (Å²) < 4.78 is 5.49. The van der Waals surface area contributed by atoms with E-state index in [9.17, 15) is 10.1 Å². The molecule has 110 valence electrons. The Hall–Kier alpha value is -2.60. The van der Waals surface area contributed by atoms with E-state index in [1.165, 1.54) is 5.56 Å². The number of aryl methyl sites for hydroxylation is 1. The summed E-state index contributed by atoms with van der Waals surface area (Å²) in [6, 6.07) is 22.0. The number of hydrogen-bond donors (Lipinski definition) is 0. The molecule has 0 aromatic heterocycles. The Morgan fingerprint density at radius 1 is 1.00 bits per heavy atom. The van der Waals surface area contributed by atoms with Crippen LogP contribution in [0.2, 0.25) is 0 Å². The number of nitriles is 1. The Balaban J connectivity index is 1.80. The number of nitrogens with zero attached hydrogens (tertiary/aromatic N) is 1. The molecule has 3 nitrogen and oxygen atoms in total. The van der Waals surface area contributed by atoms with E-state index >= 15 is 0 Å². The number of hydrogen-bond acceptors (Lipinski definition) is 3. The van der Waals surface area contributed by atoms with Gasteiger partial charge in [-0.2, -0.15) is 5.26 Å². The van der Waals surface area contributed by atoms with Crippen LogP contribution in [0.4, 0.5) is 0 Å². The fourth-order valence-corrected chi connectivity index (χ4v) is 3.06. The Bertz CT molecular complexity index is 676. The van der Waals surface area contributed by atoms with Crippen molar-refractivity contribution in [1.29, 1.82) is 5.26 Å². The van der Waals surface area contributed by atoms with Crippen molar-refractivity contribution in [2.24, 2.45) is 5.92 Å². The summed E-state index contributed by atoms with van der Waals surface area (Å²) in [5.41, 5.74) is 2.21. The molecule has 0 N–H and O–H groups in total. The van der Waals surface area contributed by atoms with E-state index in [1.54, 1.807) is 0 Å². The summed E-state index contributed by atoms with van der Waals surface area (Å²) in [5, 5.41) is 9.32. The average molecular weight is 291 g/mol. The minimum Gasteiger partial charge on any atom is -0.461 e. The lowest BCUT2D eigenvalue weighted by Gasteiger charge is -2.19. The zero-order chi connectivity index (χ0) is 15.4. The van der Waals surface area contributed by atoms with Crippen LogP contribution in [0.5, 0.6) is 0 Å². The molecule has 0 saturated carbocycles. The van der Waals surface area contributed by atoms with Gasteiger partial charge in [0.25, 0.3) is 0 Å². The minimum absolute atomic E-state index is 0.178. The van der Waals surface area contributed by atoms with Gasteiger partial charge in [0.15, 0.2) is 5.92 Å². The summed E-state index contributed by atoms with van der Waals surface area (Å²) in [6.45, 7) is 0. The van der Waals surface area contributed by atoms with Gasteiger partial charge in [-0.3, -0.25) is 4.79 Å². The third-order valence-corrected chi connectivity index (χ3v) is 4.17. The first-order chi connectivity index (χ1) is 10.8. The van der Waals surface area contributed by atoms with Crippen LogP contribution in [0.1, 0.15) is 23.5 Å². The quantitative estimate of drug-likeness (QED) is 0.810. The van der Waals surface area contributed by atoms with Gasteiger partial charge in [0, 0.05) is 5.92 Å². The van der Waals surface area contributed by atoms with Gasteiger partial charge in [0.1, 0.15) is 6.10 Å². The van der Waals surface area contributed by atoms with Gasteiger partial charge in [-0.05, 0) is 24.0 Å². The first-order valence-corrected chi connectivity index (χ1v) is 7.48. The molecule has 0 radical (unpaired) electrons. The van der Waals surface area contributed by atoms with Crippen LogP contribution in [0, 0.1) is 17.2 Å². The van der Waals surface area contributed by atoms with Gasteiger partial charge in [-0.1, -0.05) is 60.7 Å². The lowest BCUT2D eigenvalue weighted by molar-refractivity contribution is -0.143. The van der Waals surface area contributed by atoms with Crippen molar-refractivity contribution in [3.8, 4) is 6.07 Å². The summed E-state index contributed by atoms with van der Waals surface area (Å²) in [6.07, 6.45) is 1.33. The Kier molecular flexibility index (Phi) is 4.20. The topological polar surface area (TPSA) is 50.1 Å². The molecule has 0 unspecified atom stereocenters. The van der Waals surface area contributed by atoms with Crippen molar-refractivity contribution in [3.63, 3.8) is 0 Å². The molecule has 1 heterocycles. The smallest absolute Gasteiger partial charge is 0.324 e. The van der Waals surface area contributed by atoms with E-state index in [0.717, 1.165) is 18.4 Å². The fraction of sp³-hybridized carbons (Fsp3) is 0.263. The molecular weight excluding hydrogens is 274 g/mol. The minimum atomic E-state index is -0.705. The van der Waals surface area contributed by atoms with Crippen LogP contribution in [0.25, 0.3) is 0 Å². The second kappa shape index (κ2) is 6.44. The normalized spacial score (nSPS) is 23.8. The van der Waals surface area contributed by atoms with Crippen molar-refractivity contribution in [2.75, 3.05) is 0 Å². The van der Waals surface area contributed by atoms with Gasteiger partial charge in [0.05, 0.1) is 6.07 Å². The first-order valence-electron chi connectivity index (χ1n) is 7.48. The summed E-state index contributed by atoms with van der Waals surface area (Å²) >= 11 is 0. The lowest BCUT2D eigenvalue weighted by Crippen LogP contribution is -2.19. The zero-order valence-electron chi connectivity index (χ0n) is 12.2. The van der Waals surface area contributed by atoms with Crippen LogP contribution in [-0.2, 0) is 16.0 Å². The highest BCUT2D eigenvalue weighted by Crippen LogP contribution is 2.38. The number of benzene rings is 2. The number of cyclic esters (lactones) is 1. The van der Waals surface area contributed by atoms with Gasteiger partial charge < -0.3 is 4.74 Å². The van der Waals surface area contributed by atoms with Gasteiger partial charge in [-0.15, -0.1) is 0 Å². The van der Waals surface area contributed by atoms with Crippen molar-refractivity contribution in [2.45, 2.75) is 24.9 Å². The molecule has 1 aliphatic rings. The maximum Gasteiger partial charge on any atom is 0.324 e. The summed E-state index contributed by atoms with van der Waals surface area (Å²) in [7, 11) is 0. The molecule has 0 aliphatic carbocycles. The zero-order valence-corrected chi connectivity index (χ0v) is 12.2. The molecule has 0 bridgehead atoms. The Morgan fingerprint density at radius 3 is 2.27 bits per heavy atom. The van der Waals surface area contributed by atoms with Gasteiger partial charge >= 0.3 is 5.97 Å². The highest BCUT2D eigenvalue weighted by atomic mass is 16.6. The van der Waals surface area contributed by atoms with E-state index in [4.69, 9.17) is 4.74 Å². The van der Waals surface area contributed by atoms with E-state index in [2.05, 4.69) is 18.2 Å². The third kappa shape index (κ3) is 2.87. The van der Waals surface area contributed by atoms with Crippen LogP contribution < -0.4 is 0 Å². The second-order valence-corrected chi connectivity index (χ2v) is 5.54. The van der Waals surface area contributed by atoms with E-state index < -0.39 is 11.9 Å². The molecule has 0 amide bonds. The summed E-state index contributed by atoms with van der Waals surface area (Å²) in [4.78, 5) is 12.0. The molecule has 2 aromatic carbocycles. The van der Waals surface area contributed by atoms with E-state index in [0.29, 0.717) is 0 Å². The molecule has 3 heteroatoms. The molecule has 2 aromatic rings. The van der Waals surface area contributed by atoms with Crippen molar-refractivity contribution in [3.05, 3.63) is 71.8 Å². The average Bonchev–Trinajstić information content (AvgIpc) is 2.90. The van der Waals surface area contributed by atoms with Crippen LogP contribution >= 0.6 is 0 Å². The lowest BCUT2D eigenvalue weighted by atomic mass is 9.83. The largest absolute Gasteiger partial charge is 0.461 e. The fourth-order valence-electron chi connectivity index (χ4n) is 3.06. The highest BCUT2D eigenvalue weighted by Gasteiger charge is 2.45. The van der Waals surface area contributed by atoms with Crippen molar-refractivity contribution in [1.82, 2.24) is 0 Å². The maximum atomic E-state index is 12.0. The second-order valence-electron chi connectivity index (χ2n) is 5.54. The van der Waals surface area contributed by atoms with Gasteiger partial charge in [-0.25, -0.2) is 0 Å². The van der Waals surface area contributed by atoms with Crippen LogP contribution in [-0.4, -0.2) is 12.1 Å². The van der Waals surface area contributed by atoms with Crippen molar-refractivity contribution < 1.29 is 9.53 Å². The molecule has 3 rings (SSSR count). The number of rotatable bonds is 4. The highest BCUT2D eigenvalue weighted by molar-refractivity contribution is 5.79. The van der Waals surface area contributed by atoms with Crippen LogP contribution in [0.3, 0.4) is 0 Å². The molecule has 22 heavy (non-hydrogen) atoms. The molecule has 1 saturated heterocycles. The van der Waals surface area contributed by atoms with Gasteiger partial charge in [0.2, 0.25) is 0 Å². The van der Waals surface area contributed by atoms with Crippen molar-refractivity contribution >= 4 is 5.97 Å². The molecule has 0 spiro atoms.